The fraction of sp³-hybridized carbons (Fsp3) is 0.417. The highest BCUT2D eigenvalue weighted by Gasteiger charge is 1.99. The van der Waals surface area contributed by atoms with Crippen LogP contribution in [0.25, 0.3) is 0 Å². The monoisotopic (exact) mass is 282 g/mol. The molecule has 1 aromatic rings. The summed E-state index contributed by atoms with van der Waals surface area (Å²) in [5, 5.41) is 3.73. The van der Waals surface area contributed by atoms with Gasteiger partial charge in [0.25, 0.3) is 0 Å². The zero-order valence-corrected chi connectivity index (χ0v) is 11.7. The SMILES string of the molecule is CCOC(=O)NN=C(N)CCSCc1ccccn1. The number of thioether (sulfide) groups is 1. The van der Waals surface area contributed by atoms with Crippen molar-refractivity contribution in [1.29, 1.82) is 0 Å². The third-order valence-corrected chi connectivity index (χ3v) is 3.04. The molecule has 104 valence electrons. The van der Waals surface area contributed by atoms with Crippen molar-refractivity contribution in [1.82, 2.24) is 10.4 Å². The summed E-state index contributed by atoms with van der Waals surface area (Å²) in [5.41, 5.74) is 8.91. The van der Waals surface area contributed by atoms with Crippen molar-refractivity contribution in [3.05, 3.63) is 30.1 Å². The van der Waals surface area contributed by atoms with Crippen molar-refractivity contribution in [2.75, 3.05) is 12.4 Å². The zero-order valence-electron chi connectivity index (χ0n) is 10.8. The third kappa shape index (κ3) is 7.30. The molecule has 0 spiro atoms. The van der Waals surface area contributed by atoms with Gasteiger partial charge in [0.15, 0.2) is 0 Å². The molecule has 6 nitrogen and oxygen atoms in total. The van der Waals surface area contributed by atoms with Crippen LogP contribution in [0.2, 0.25) is 0 Å². The highest BCUT2D eigenvalue weighted by molar-refractivity contribution is 7.98. The second-order valence-corrected chi connectivity index (χ2v) is 4.66. The number of carbonyl (C=O) groups is 1. The maximum atomic E-state index is 11.0. The van der Waals surface area contributed by atoms with E-state index >= 15 is 0 Å². The highest BCUT2D eigenvalue weighted by atomic mass is 32.2. The minimum atomic E-state index is -0.591. The number of hydrogen-bond acceptors (Lipinski definition) is 5. The van der Waals surface area contributed by atoms with E-state index in [9.17, 15) is 4.79 Å². The lowest BCUT2D eigenvalue weighted by molar-refractivity contribution is 0.152. The van der Waals surface area contributed by atoms with Gasteiger partial charge in [-0.25, -0.2) is 10.2 Å². The standard InChI is InChI=1S/C12H18N4O2S/c1-2-18-12(17)16-15-11(13)6-8-19-9-10-5-3-4-7-14-10/h3-5,7H,2,6,8-9H2,1H3,(H2,13,15)(H,16,17). The Morgan fingerprint density at radius 2 is 2.42 bits per heavy atom. The molecule has 1 heterocycles. The number of ether oxygens (including phenoxy) is 1. The summed E-state index contributed by atoms with van der Waals surface area (Å²) < 4.78 is 4.65. The lowest BCUT2D eigenvalue weighted by atomic mass is 10.4. The Bertz CT molecular complexity index is 411. The fourth-order valence-electron chi connectivity index (χ4n) is 1.17. The molecule has 19 heavy (non-hydrogen) atoms. The van der Waals surface area contributed by atoms with Gasteiger partial charge in [-0.1, -0.05) is 6.07 Å². The second kappa shape index (κ2) is 9.21. The minimum Gasteiger partial charge on any atom is -0.449 e. The molecule has 7 heteroatoms. The summed E-state index contributed by atoms with van der Waals surface area (Å²) in [4.78, 5) is 15.2. The molecule has 0 bridgehead atoms. The van der Waals surface area contributed by atoms with Crippen molar-refractivity contribution in [3.63, 3.8) is 0 Å². The van der Waals surface area contributed by atoms with E-state index in [1.165, 1.54) is 0 Å². The quantitative estimate of drug-likeness (QED) is 0.344. The topological polar surface area (TPSA) is 89.6 Å². The molecule has 0 aliphatic carbocycles. The van der Waals surface area contributed by atoms with Gasteiger partial charge in [-0.15, -0.1) is 0 Å². The van der Waals surface area contributed by atoms with Crippen LogP contribution in [0.1, 0.15) is 19.0 Å². The van der Waals surface area contributed by atoms with Gasteiger partial charge in [0.1, 0.15) is 5.84 Å². The van der Waals surface area contributed by atoms with Crippen molar-refractivity contribution in [2.45, 2.75) is 19.1 Å². The Morgan fingerprint density at radius 3 is 3.11 bits per heavy atom. The van der Waals surface area contributed by atoms with Gasteiger partial charge in [-0.2, -0.15) is 16.9 Å². The smallest absolute Gasteiger partial charge is 0.427 e. The summed E-state index contributed by atoms with van der Waals surface area (Å²) in [5.74, 6) is 2.03. The first-order valence-electron chi connectivity index (χ1n) is 5.94. The van der Waals surface area contributed by atoms with Crippen LogP contribution in [-0.2, 0) is 10.5 Å². The van der Waals surface area contributed by atoms with Gasteiger partial charge in [0.05, 0.1) is 12.3 Å². The van der Waals surface area contributed by atoms with Crippen molar-refractivity contribution < 1.29 is 9.53 Å². The van der Waals surface area contributed by atoms with Gasteiger partial charge in [-0.3, -0.25) is 4.98 Å². The number of hydrogen-bond donors (Lipinski definition) is 2. The number of amides is 1. The first kappa shape index (κ1) is 15.3. The number of pyridine rings is 1. The molecular weight excluding hydrogens is 264 g/mol. The molecule has 1 aromatic heterocycles. The Hall–Kier alpha value is -1.76. The molecule has 0 aliphatic heterocycles. The highest BCUT2D eigenvalue weighted by Crippen LogP contribution is 2.10. The van der Waals surface area contributed by atoms with Gasteiger partial charge in [-0.05, 0) is 19.1 Å². The number of nitrogens with two attached hydrogens (primary N) is 1. The van der Waals surface area contributed by atoms with Gasteiger partial charge < -0.3 is 10.5 Å². The largest absolute Gasteiger partial charge is 0.449 e. The maximum Gasteiger partial charge on any atom is 0.427 e. The van der Waals surface area contributed by atoms with Crippen LogP contribution < -0.4 is 11.2 Å². The Kier molecular flexibility index (Phi) is 7.41. The molecule has 0 fully saturated rings. The van der Waals surface area contributed by atoms with Crippen LogP contribution in [-0.4, -0.2) is 29.3 Å². The van der Waals surface area contributed by atoms with Crippen LogP contribution in [0, 0.1) is 0 Å². The second-order valence-electron chi connectivity index (χ2n) is 3.56. The maximum absolute atomic E-state index is 11.0. The molecule has 1 amide bonds. The number of hydrazone groups is 1. The van der Waals surface area contributed by atoms with Crippen LogP contribution in [0.15, 0.2) is 29.5 Å². The van der Waals surface area contributed by atoms with E-state index in [0.29, 0.717) is 18.9 Å². The minimum absolute atomic E-state index is 0.307. The Labute approximate surface area is 116 Å². The summed E-state index contributed by atoms with van der Waals surface area (Å²) in [6.45, 7) is 2.03. The van der Waals surface area contributed by atoms with Crippen LogP contribution in [0.3, 0.4) is 0 Å². The lowest BCUT2D eigenvalue weighted by Gasteiger charge is -2.03. The van der Waals surface area contributed by atoms with Gasteiger partial charge in [0, 0.05) is 24.1 Å². The van der Waals surface area contributed by atoms with Gasteiger partial charge in [0.2, 0.25) is 0 Å². The molecule has 0 unspecified atom stereocenters. The predicted molar refractivity (Wildman–Crippen MR) is 76.8 cm³/mol. The van der Waals surface area contributed by atoms with Crippen LogP contribution in [0.5, 0.6) is 0 Å². The van der Waals surface area contributed by atoms with E-state index in [2.05, 4.69) is 20.2 Å². The van der Waals surface area contributed by atoms with Crippen molar-refractivity contribution >= 4 is 23.7 Å². The molecule has 0 saturated carbocycles. The normalized spacial score (nSPS) is 11.1. The first-order valence-corrected chi connectivity index (χ1v) is 7.10. The van der Waals surface area contributed by atoms with E-state index in [-0.39, 0.29) is 0 Å². The number of aromatic nitrogens is 1. The summed E-state index contributed by atoms with van der Waals surface area (Å²) in [6, 6.07) is 5.83. The first-order chi connectivity index (χ1) is 9.22. The predicted octanol–water partition coefficient (Wildman–Crippen LogP) is 1.72. The average Bonchev–Trinajstić information content (AvgIpc) is 2.43. The molecule has 1 rings (SSSR count). The molecule has 0 aliphatic rings. The number of amidine groups is 1. The molecule has 0 saturated heterocycles. The number of carbonyl (C=O) groups excluding carboxylic acids is 1. The van der Waals surface area contributed by atoms with Gasteiger partial charge >= 0.3 is 6.09 Å². The molecular formula is C12H18N4O2S. The van der Waals surface area contributed by atoms with E-state index in [0.717, 1.165) is 17.2 Å². The molecule has 0 radical (unpaired) electrons. The molecule has 3 N–H and O–H groups in total. The van der Waals surface area contributed by atoms with E-state index in [1.54, 1.807) is 24.9 Å². The summed E-state index contributed by atoms with van der Waals surface area (Å²) >= 11 is 1.71. The zero-order chi connectivity index (χ0) is 13.9. The van der Waals surface area contributed by atoms with Crippen LogP contribution in [0.4, 0.5) is 4.79 Å². The lowest BCUT2D eigenvalue weighted by Crippen LogP contribution is -2.24. The fourth-order valence-corrected chi connectivity index (χ4v) is 2.05. The summed E-state index contributed by atoms with van der Waals surface area (Å²) in [7, 11) is 0. The Morgan fingerprint density at radius 1 is 1.58 bits per heavy atom. The molecule has 0 atom stereocenters. The average molecular weight is 282 g/mol. The van der Waals surface area contributed by atoms with Crippen LogP contribution >= 0.6 is 11.8 Å². The van der Waals surface area contributed by atoms with Crippen molar-refractivity contribution in [2.24, 2.45) is 10.8 Å². The Balaban J connectivity index is 2.15. The number of nitrogens with one attached hydrogen (secondary N) is 1. The third-order valence-electron chi connectivity index (χ3n) is 2.04. The number of nitrogens with zero attached hydrogens (tertiary/aromatic N) is 2. The summed E-state index contributed by atoms with van der Waals surface area (Å²) in [6.07, 6.45) is 1.78. The number of rotatable bonds is 7. The van der Waals surface area contributed by atoms with E-state index in [4.69, 9.17) is 5.73 Å². The van der Waals surface area contributed by atoms with E-state index < -0.39 is 6.09 Å². The van der Waals surface area contributed by atoms with Crippen molar-refractivity contribution in [3.8, 4) is 0 Å². The van der Waals surface area contributed by atoms with E-state index in [1.807, 2.05) is 18.2 Å². The molecule has 0 aromatic carbocycles.